The zero-order valence-corrected chi connectivity index (χ0v) is 17.1. The van der Waals surface area contributed by atoms with Crippen molar-refractivity contribution in [3.8, 4) is 5.88 Å². The molecule has 2 saturated carbocycles. The van der Waals surface area contributed by atoms with E-state index in [4.69, 9.17) is 14.6 Å². The lowest BCUT2D eigenvalue weighted by Crippen LogP contribution is -2.42. The maximum Gasteiger partial charge on any atom is 0.421 e. The quantitative estimate of drug-likeness (QED) is 0.639. The lowest BCUT2D eigenvalue weighted by Gasteiger charge is -2.37. The molecular weight excluding hydrogens is 429 g/mol. The van der Waals surface area contributed by atoms with Crippen molar-refractivity contribution in [3.05, 3.63) is 17.5 Å². The fraction of sp³-hybridized carbons (Fsp3) is 0.650. The number of alkyl halides is 3. The number of rotatable bonds is 2. The molecule has 0 spiro atoms. The molecule has 3 fully saturated rings. The van der Waals surface area contributed by atoms with Crippen molar-refractivity contribution in [2.75, 3.05) is 30.5 Å². The van der Waals surface area contributed by atoms with E-state index in [1.165, 1.54) is 0 Å². The normalized spacial score (nSPS) is 29.5. The van der Waals surface area contributed by atoms with Gasteiger partial charge in [-0.1, -0.05) is 0 Å². The van der Waals surface area contributed by atoms with Crippen LogP contribution in [0.2, 0.25) is 0 Å². The molecule has 2 bridgehead atoms. The van der Waals surface area contributed by atoms with Gasteiger partial charge in [-0.05, 0) is 25.7 Å². The summed E-state index contributed by atoms with van der Waals surface area (Å²) in [7, 11) is 0. The van der Waals surface area contributed by atoms with Gasteiger partial charge < -0.3 is 25.2 Å². The lowest BCUT2D eigenvalue weighted by molar-refractivity contribution is -0.137. The standard InChI is InChI=1S/C20H23F3N6O3/c21-20(22,23)11-5-24-19-26-16-15(9-1-2-9)28-29(13-7-31-8-14(13)30)18(16)32-6-10-3-4-12(10)25-17(11)27-19/h5,9-10,12-14,30H,1-4,6-8H2,(H2,24,25,26,27)/t10-,12+,13-,14-/m1/s1. The largest absolute Gasteiger partial charge is 0.476 e. The number of nitrogens with zero attached hydrogens (tertiary/aromatic N) is 4. The number of hydrogen-bond donors (Lipinski definition) is 3. The monoisotopic (exact) mass is 452 g/mol. The minimum absolute atomic E-state index is 0.0259. The Kier molecular flexibility index (Phi) is 4.51. The Morgan fingerprint density at radius 2 is 1.97 bits per heavy atom. The Hall–Kier alpha value is -2.60. The van der Waals surface area contributed by atoms with Gasteiger partial charge in [0.2, 0.25) is 11.8 Å². The maximum atomic E-state index is 13.5. The van der Waals surface area contributed by atoms with Gasteiger partial charge in [-0.3, -0.25) is 0 Å². The number of nitrogens with one attached hydrogen (secondary N) is 2. The summed E-state index contributed by atoms with van der Waals surface area (Å²) < 4.78 is 54.0. The lowest BCUT2D eigenvalue weighted by atomic mass is 9.80. The molecule has 0 aromatic carbocycles. The molecule has 1 saturated heterocycles. The molecule has 32 heavy (non-hydrogen) atoms. The zero-order valence-electron chi connectivity index (χ0n) is 17.1. The van der Waals surface area contributed by atoms with Crippen LogP contribution in [0, 0.1) is 5.92 Å². The van der Waals surface area contributed by atoms with E-state index in [9.17, 15) is 18.3 Å². The molecule has 2 aliphatic carbocycles. The summed E-state index contributed by atoms with van der Waals surface area (Å²) in [6, 6.07) is -0.581. The van der Waals surface area contributed by atoms with Crippen molar-refractivity contribution >= 4 is 17.5 Å². The first-order valence-corrected chi connectivity index (χ1v) is 10.9. The number of ether oxygens (including phenoxy) is 2. The van der Waals surface area contributed by atoms with Crippen LogP contribution in [0.1, 0.15) is 48.9 Å². The third-order valence-electron chi connectivity index (χ3n) is 6.70. The van der Waals surface area contributed by atoms with Crippen molar-refractivity contribution in [2.45, 2.75) is 56.0 Å². The van der Waals surface area contributed by atoms with Crippen molar-refractivity contribution in [3.63, 3.8) is 0 Å². The minimum atomic E-state index is -4.56. The summed E-state index contributed by atoms with van der Waals surface area (Å²) in [6.45, 7) is 0.833. The van der Waals surface area contributed by atoms with Crippen LogP contribution in [0.4, 0.5) is 30.6 Å². The molecule has 2 aliphatic heterocycles. The molecule has 0 unspecified atom stereocenters. The zero-order chi connectivity index (χ0) is 22.0. The fourth-order valence-corrected chi connectivity index (χ4v) is 4.52. The van der Waals surface area contributed by atoms with Gasteiger partial charge in [-0.2, -0.15) is 23.3 Å². The summed E-state index contributed by atoms with van der Waals surface area (Å²) >= 11 is 0. The van der Waals surface area contributed by atoms with E-state index in [0.717, 1.165) is 37.6 Å². The number of aliphatic hydroxyl groups is 1. The SMILES string of the molecule is O[C@@H]1COC[C@H]1n1nc(C2CC2)c2c1OC[C@H]1CC[C@@H]1Nc1nc(ncc1C(F)(F)F)N2. The number of aromatic nitrogens is 4. The number of anilines is 3. The molecule has 4 heterocycles. The Balaban J connectivity index is 1.46. The minimum Gasteiger partial charge on any atom is -0.476 e. The van der Waals surface area contributed by atoms with Crippen LogP contribution in [0.3, 0.4) is 0 Å². The van der Waals surface area contributed by atoms with Crippen LogP contribution in [0.15, 0.2) is 6.20 Å². The summed E-state index contributed by atoms with van der Waals surface area (Å²) in [5.41, 5.74) is 0.412. The molecule has 172 valence electrons. The van der Waals surface area contributed by atoms with Crippen LogP contribution in [-0.2, 0) is 10.9 Å². The van der Waals surface area contributed by atoms with Gasteiger partial charge in [-0.15, -0.1) is 0 Å². The Morgan fingerprint density at radius 3 is 2.62 bits per heavy atom. The number of fused-ring (bicyclic) bond motifs is 4. The second-order valence-electron chi connectivity index (χ2n) is 8.93. The number of hydrogen-bond acceptors (Lipinski definition) is 8. The van der Waals surface area contributed by atoms with Gasteiger partial charge >= 0.3 is 6.18 Å². The first-order chi connectivity index (χ1) is 15.4. The maximum absolute atomic E-state index is 13.5. The first kappa shape index (κ1) is 20.0. The van der Waals surface area contributed by atoms with E-state index in [1.54, 1.807) is 4.68 Å². The smallest absolute Gasteiger partial charge is 0.421 e. The highest BCUT2D eigenvalue weighted by Gasteiger charge is 2.41. The molecule has 2 aromatic rings. The third-order valence-corrected chi connectivity index (χ3v) is 6.70. The molecule has 6 rings (SSSR count). The van der Waals surface area contributed by atoms with Gasteiger partial charge in [0, 0.05) is 24.1 Å². The molecule has 0 radical (unpaired) electrons. The topological polar surface area (TPSA) is 106 Å². The molecule has 2 aromatic heterocycles. The van der Waals surface area contributed by atoms with Gasteiger partial charge in [-0.25, -0.2) is 9.67 Å². The highest BCUT2D eigenvalue weighted by molar-refractivity contribution is 5.66. The van der Waals surface area contributed by atoms with E-state index in [0.29, 0.717) is 24.8 Å². The van der Waals surface area contributed by atoms with Crippen molar-refractivity contribution in [1.29, 1.82) is 0 Å². The van der Waals surface area contributed by atoms with E-state index >= 15 is 0 Å². The van der Waals surface area contributed by atoms with Crippen LogP contribution in [0.25, 0.3) is 0 Å². The van der Waals surface area contributed by atoms with Gasteiger partial charge in [0.25, 0.3) is 0 Å². The van der Waals surface area contributed by atoms with Gasteiger partial charge in [0.15, 0.2) is 0 Å². The molecule has 9 nitrogen and oxygen atoms in total. The highest BCUT2D eigenvalue weighted by atomic mass is 19.4. The second kappa shape index (κ2) is 7.20. The average Bonchev–Trinajstić information content (AvgIpc) is 3.40. The Labute approximate surface area is 181 Å². The van der Waals surface area contributed by atoms with E-state index in [1.807, 2.05) is 0 Å². The first-order valence-electron chi connectivity index (χ1n) is 10.9. The van der Waals surface area contributed by atoms with Crippen LogP contribution in [-0.4, -0.2) is 56.8 Å². The van der Waals surface area contributed by atoms with Crippen LogP contribution < -0.4 is 15.4 Å². The van der Waals surface area contributed by atoms with E-state index in [-0.39, 0.29) is 36.3 Å². The summed E-state index contributed by atoms with van der Waals surface area (Å²) in [6.07, 6.45) is -1.00. The Bertz CT molecular complexity index is 1040. The molecule has 3 N–H and O–H groups in total. The van der Waals surface area contributed by atoms with Gasteiger partial charge in [0.1, 0.15) is 29.2 Å². The van der Waals surface area contributed by atoms with Crippen molar-refractivity contribution in [1.82, 2.24) is 19.7 Å². The van der Waals surface area contributed by atoms with Gasteiger partial charge in [0.05, 0.1) is 25.5 Å². The average molecular weight is 452 g/mol. The highest BCUT2D eigenvalue weighted by Crippen LogP contribution is 2.48. The van der Waals surface area contributed by atoms with E-state index in [2.05, 4.69) is 20.6 Å². The number of aliphatic hydroxyl groups excluding tert-OH is 1. The Morgan fingerprint density at radius 1 is 1.12 bits per heavy atom. The van der Waals surface area contributed by atoms with Crippen molar-refractivity contribution < 1.29 is 27.8 Å². The molecule has 0 amide bonds. The summed E-state index contributed by atoms with van der Waals surface area (Å²) in [5, 5.41) is 21.2. The molecule has 12 heteroatoms. The van der Waals surface area contributed by atoms with Crippen LogP contribution in [0.5, 0.6) is 5.88 Å². The molecular formula is C20H23F3N6O3. The molecule has 4 aliphatic rings. The van der Waals surface area contributed by atoms with Crippen molar-refractivity contribution in [2.24, 2.45) is 5.92 Å². The van der Waals surface area contributed by atoms with E-state index < -0.39 is 23.9 Å². The fourth-order valence-electron chi connectivity index (χ4n) is 4.52. The second-order valence-corrected chi connectivity index (χ2v) is 8.93. The predicted octanol–water partition coefficient (Wildman–Crippen LogP) is 2.83. The van der Waals surface area contributed by atoms with Crippen LogP contribution >= 0.6 is 0 Å². The summed E-state index contributed by atoms with van der Waals surface area (Å²) in [4.78, 5) is 8.12. The third kappa shape index (κ3) is 3.36. The predicted molar refractivity (Wildman–Crippen MR) is 106 cm³/mol. The summed E-state index contributed by atoms with van der Waals surface area (Å²) in [5.74, 6) is 0.493. The molecule has 4 atom stereocenters. The number of halogens is 3.